The highest BCUT2D eigenvalue weighted by molar-refractivity contribution is 5.81. The van der Waals surface area contributed by atoms with Crippen LogP contribution in [-0.4, -0.2) is 32.7 Å². The number of benzene rings is 1. The van der Waals surface area contributed by atoms with E-state index < -0.39 is 6.10 Å². The molecule has 0 radical (unpaired) electrons. The van der Waals surface area contributed by atoms with Crippen molar-refractivity contribution in [2.45, 2.75) is 25.4 Å². The predicted molar refractivity (Wildman–Crippen MR) is 66.7 cm³/mol. The minimum absolute atomic E-state index is 0.125. The topological polar surface area (TPSA) is 58.3 Å². The van der Waals surface area contributed by atoms with Gasteiger partial charge in [-0.1, -0.05) is 18.2 Å². The van der Waals surface area contributed by atoms with Crippen molar-refractivity contribution in [3.8, 4) is 0 Å². The van der Waals surface area contributed by atoms with Gasteiger partial charge in [0.2, 0.25) is 0 Å². The molecule has 0 fully saturated rings. The van der Waals surface area contributed by atoms with Crippen LogP contribution in [0.1, 0.15) is 18.5 Å². The number of nitrogens with zero attached hydrogens (tertiary/aromatic N) is 2. The minimum Gasteiger partial charge on any atom is -0.396 e. The number of aliphatic hydroxyl groups is 2. The van der Waals surface area contributed by atoms with Crippen molar-refractivity contribution in [3.05, 3.63) is 30.0 Å². The number of rotatable bonds is 5. The number of hydrogen-bond acceptors (Lipinski definition) is 3. The predicted octanol–water partition coefficient (Wildman–Crippen LogP) is 1.25. The highest BCUT2D eigenvalue weighted by Crippen LogP contribution is 2.19. The van der Waals surface area contributed by atoms with Crippen LogP contribution < -0.4 is 0 Å². The molecule has 1 unspecified atom stereocenters. The number of aromatic nitrogens is 2. The molecule has 1 heterocycles. The van der Waals surface area contributed by atoms with E-state index >= 15 is 0 Å². The van der Waals surface area contributed by atoms with Crippen LogP contribution in [0.15, 0.2) is 24.3 Å². The van der Waals surface area contributed by atoms with Gasteiger partial charge in [-0.25, -0.2) is 0 Å². The summed E-state index contributed by atoms with van der Waals surface area (Å²) < 4.78 is 1.84. The van der Waals surface area contributed by atoms with E-state index in [1.807, 2.05) is 36.0 Å². The Morgan fingerprint density at radius 2 is 2.12 bits per heavy atom. The molecular formula is C13H18N2O2. The zero-order valence-electron chi connectivity index (χ0n) is 10.0. The van der Waals surface area contributed by atoms with E-state index in [2.05, 4.69) is 5.10 Å². The Balaban J connectivity index is 2.18. The van der Waals surface area contributed by atoms with Crippen molar-refractivity contribution in [2.75, 3.05) is 6.61 Å². The Morgan fingerprint density at radius 3 is 2.88 bits per heavy atom. The molecule has 2 rings (SSSR count). The minimum atomic E-state index is -0.430. The van der Waals surface area contributed by atoms with Gasteiger partial charge in [-0.15, -0.1) is 0 Å². The average Bonchev–Trinajstić information content (AvgIpc) is 2.65. The van der Waals surface area contributed by atoms with Crippen molar-refractivity contribution < 1.29 is 10.2 Å². The lowest BCUT2D eigenvalue weighted by atomic mass is 10.1. The smallest absolute Gasteiger partial charge is 0.0728 e. The van der Waals surface area contributed by atoms with Crippen LogP contribution in [0.5, 0.6) is 0 Å². The molecule has 4 nitrogen and oxygen atoms in total. The molecule has 1 aromatic heterocycles. The van der Waals surface area contributed by atoms with Crippen molar-refractivity contribution in [2.24, 2.45) is 7.05 Å². The molecule has 2 aromatic rings. The van der Waals surface area contributed by atoms with Crippen LogP contribution in [0.4, 0.5) is 0 Å². The zero-order chi connectivity index (χ0) is 12.3. The van der Waals surface area contributed by atoms with E-state index in [-0.39, 0.29) is 6.61 Å². The number of aryl methyl sites for hydroxylation is 1. The van der Waals surface area contributed by atoms with Crippen LogP contribution in [0.25, 0.3) is 10.9 Å². The van der Waals surface area contributed by atoms with Gasteiger partial charge in [0.15, 0.2) is 0 Å². The van der Waals surface area contributed by atoms with Gasteiger partial charge in [0.25, 0.3) is 0 Å². The summed E-state index contributed by atoms with van der Waals surface area (Å²) >= 11 is 0. The maximum atomic E-state index is 9.84. The first-order chi connectivity index (χ1) is 8.22. The quantitative estimate of drug-likeness (QED) is 0.818. The fraction of sp³-hybridized carbons (Fsp3) is 0.462. The van der Waals surface area contributed by atoms with Crippen molar-refractivity contribution >= 4 is 10.9 Å². The molecule has 0 aliphatic heterocycles. The van der Waals surface area contributed by atoms with Gasteiger partial charge < -0.3 is 10.2 Å². The second kappa shape index (κ2) is 5.29. The summed E-state index contributed by atoms with van der Waals surface area (Å²) in [6.07, 6.45) is 1.36. The highest BCUT2D eigenvalue weighted by Gasteiger charge is 2.12. The first kappa shape index (κ1) is 12.1. The normalized spacial score (nSPS) is 13.1. The average molecular weight is 234 g/mol. The van der Waals surface area contributed by atoms with Crippen molar-refractivity contribution in [1.82, 2.24) is 9.78 Å². The van der Waals surface area contributed by atoms with Crippen LogP contribution in [0.2, 0.25) is 0 Å². The molecule has 4 heteroatoms. The molecule has 92 valence electrons. The Kier molecular flexibility index (Phi) is 3.76. The van der Waals surface area contributed by atoms with E-state index in [4.69, 9.17) is 5.11 Å². The van der Waals surface area contributed by atoms with E-state index in [1.54, 1.807) is 0 Å². The summed E-state index contributed by atoms with van der Waals surface area (Å²) in [6.45, 7) is 0.125. The number of para-hydroxylation sites is 1. The summed E-state index contributed by atoms with van der Waals surface area (Å²) in [4.78, 5) is 0. The maximum Gasteiger partial charge on any atom is 0.0728 e. The Labute approximate surface area is 100 Å². The molecule has 17 heavy (non-hydrogen) atoms. The molecular weight excluding hydrogens is 216 g/mol. The molecule has 2 N–H and O–H groups in total. The first-order valence-corrected chi connectivity index (χ1v) is 5.92. The molecule has 0 bridgehead atoms. The lowest BCUT2D eigenvalue weighted by Crippen LogP contribution is -2.11. The van der Waals surface area contributed by atoms with Crippen LogP contribution in [0, 0.1) is 0 Å². The summed E-state index contributed by atoms with van der Waals surface area (Å²) in [7, 11) is 1.91. The molecule has 0 saturated carbocycles. The first-order valence-electron chi connectivity index (χ1n) is 5.92. The summed E-state index contributed by atoms with van der Waals surface area (Å²) in [5.74, 6) is 0. The van der Waals surface area contributed by atoms with Crippen molar-refractivity contribution in [1.29, 1.82) is 0 Å². The molecule has 0 aliphatic carbocycles. The van der Waals surface area contributed by atoms with Gasteiger partial charge in [-0.05, 0) is 18.9 Å². The van der Waals surface area contributed by atoms with Crippen molar-refractivity contribution in [3.63, 3.8) is 0 Å². The van der Waals surface area contributed by atoms with Gasteiger partial charge in [0.1, 0.15) is 0 Å². The largest absolute Gasteiger partial charge is 0.396 e. The molecule has 1 aromatic carbocycles. The van der Waals surface area contributed by atoms with Gasteiger partial charge in [-0.2, -0.15) is 5.10 Å². The van der Waals surface area contributed by atoms with Crippen LogP contribution in [0.3, 0.4) is 0 Å². The molecule has 0 spiro atoms. The second-order valence-corrected chi connectivity index (χ2v) is 4.31. The van der Waals surface area contributed by atoms with E-state index in [0.717, 1.165) is 16.6 Å². The maximum absolute atomic E-state index is 9.84. The SMILES string of the molecule is Cn1nc(CC(O)CCCO)c2ccccc21. The third kappa shape index (κ3) is 2.65. The van der Waals surface area contributed by atoms with E-state index in [0.29, 0.717) is 19.3 Å². The standard InChI is InChI=1S/C13H18N2O2/c1-15-13-7-3-2-6-11(13)12(14-15)9-10(17)5-4-8-16/h2-3,6-7,10,16-17H,4-5,8-9H2,1H3. The summed E-state index contributed by atoms with van der Waals surface area (Å²) in [6, 6.07) is 8.01. The third-order valence-corrected chi connectivity index (χ3v) is 2.96. The third-order valence-electron chi connectivity index (χ3n) is 2.96. The lowest BCUT2D eigenvalue weighted by molar-refractivity contribution is 0.149. The Bertz CT molecular complexity index is 493. The zero-order valence-corrected chi connectivity index (χ0v) is 10.0. The van der Waals surface area contributed by atoms with Gasteiger partial charge in [0, 0.05) is 25.5 Å². The fourth-order valence-corrected chi connectivity index (χ4v) is 2.09. The number of hydrogen-bond donors (Lipinski definition) is 2. The second-order valence-electron chi connectivity index (χ2n) is 4.31. The lowest BCUT2D eigenvalue weighted by Gasteiger charge is -2.07. The number of aliphatic hydroxyl groups excluding tert-OH is 2. The summed E-state index contributed by atoms with van der Waals surface area (Å²) in [5.41, 5.74) is 2.00. The Hall–Kier alpha value is -1.39. The molecule has 1 atom stereocenters. The molecule has 0 saturated heterocycles. The summed E-state index contributed by atoms with van der Waals surface area (Å²) in [5, 5.41) is 24.1. The molecule has 0 amide bonds. The van der Waals surface area contributed by atoms with Gasteiger partial charge in [-0.3, -0.25) is 4.68 Å². The monoisotopic (exact) mass is 234 g/mol. The van der Waals surface area contributed by atoms with Crippen LogP contribution in [-0.2, 0) is 13.5 Å². The van der Waals surface area contributed by atoms with E-state index in [1.165, 1.54) is 0 Å². The Morgan fingerprint density at radius 1 is 1.35 bits per heavy atom. The van der Waals surface area contributed by atoms with Gasteiger partial charge >= 0.3 is 0 Å². The van der Waals surface area contributed by atoms with E-state index in [9.17, 15) is 5.11 Å². The fourth-order valence-electron chi connectivity index (χ4n) is 2.09. The highest BCUT2D eigenvalue weighted by atomic mass is 16.3. The number of fused-ring (bicyclic) bond motifs is 1. The van der Waals surface area contributed by atoms with Gasteiger partial charge in [0.05, 0.1) is 17.3 Å². The van der Waals surface area contributed by atoms with Crippen LogP contribution >= 0.6 is 0 Å². The molecule has 0 aliphatic rings.